The number of rotatable bonds is 4. The first-order valence-electron chi connectivity index (χ1n) is 5.36. The fourth-order valence-corrected chi connectivity index (χ4v) is 1.54. The lowest BCUT2D eigenvalue weighted by atomic mass is 10.1. The average Bonchev–Trinajstić information content (AvgIpc) is 2.17. The summed E-state index contributed by atoms with van der Waals surface area (Å²) in [5.74, 6) is 1.52. The van der Waals surface area contributed by atoms with Crippen molar-refractivity contribution in [3.63, 3.8) is 0 Å². The molecule has 0 aliphatic carbocycles. The molecular weight excluding hydrogens is 188 g/mol. The van der Waals surface area contributed by atoms with Gasteiger partial charge in [0.1, 0.15) is 5.82 Å². The van der Waals surface area contributed by atoms with E-state index in [0.717, 1.165) is 17.9 Å². The normalized spacial score (nSPS) is 12.9. The minimum atomic E-state index is -0.431. The van der Waals surface area contributed by atoms with E-state index in [1.54, 1.807) is 13.1 Å². The van der Waals surface area contributed by atoms with E-state index in [1.807, 2.05) is 19.2 Å². The van der Waals surface area contributed by atoms with Crippen molar-refractivity contribution in [3.05, 3.63) is 23.9 Å². The molecule has 1 rings (SSSR count). The molecule has 1 N–H and O–H groups in total. The van der Waals surface area contributed by atoms with Crippen LogP contribution < -0.4 is 4.90 Å². The van der Waals surface area contributed by atoms with Crippen LogP contribution >= 0.6 is 0 Å². The number of aliphatic hydroxyl groups is 1. The van der Waals surface area contributed by atoms with Crippen molar-refractivity contribution in [1.29, 1.82) is 0 Å². The second-order valence-electron chi connectivity index (χ2n) is 4.40. The van der Waals surface area contributed by atoms with Crippen molar-refractivity contribution in [2.75, 3.05) is 18.5 Å². The molecule has 0 radical (unpaired) electrons. The summed E-state index contributed by atoms with van der Waals surface area (Å²) in [6, 6.07) is 3.78. The maximum Gasteiger partial charge on any atom is 0.128 e. The summed E-state index contributed by atoms with van der Waals surface area (Å²) >= 11 is 0. The van der Waals surface area contributed by atoms with Gasteiger partial charge in [-0.2, -0.15) is 0 Å². The molecule has 0 saturated carbocycles. The van der Waals surface area contributed by atoms with E-state index in [-0.39, 0.29) is 0 Å². The number of nitrogens with zero attached hydrogens (tertiary/aromatic N) is 2. The quantitative estimate of drug-likeness (QED) is 0.824. The molecule has 3 heteroatoms. The molecule has 1 aromatic heterocycles. The number of aliphatic hydroxyl groups excluding tert-OH is 1. The van der Waals surface area contributed by atoms with Crippen molar-refractivity contribution >= 4 is 5.82 Å². The standard InChI is InChI=1S/C12H20N2O/c1-9(2)8-14(4)12-7-11(10(3)15)5-6-13-12/h5-7,9-10,15H,8H2,1-4H3/t10-/m0/s1. The summed E-state index contributed by atoms with van der Waals surface area (Å²) in [6.45, 7) is 7.09. The van der Waals surface area contributed by atoms with E-state index < -0.39 is 6.10 Å². The number of anilines is 1. The minimum Gasteiger partial charge on any atom is -0.389 e. The molecule has 1 heterocycles. The molecule has 15 heavy (non-hydrogen) atoms. The molecule has 1 aromatic rings. The van der Waals surface area contributed by atoms with Gasteiger partial charge < -0.3 is 10.0 Å². The SMILES string of the molecule is CC(C)CN(C)c1cc([C@H](C)O)ccn1. The highest BCUT2D eigenvalue weighted by molar-refractivity contribution is 5.40. The molecule has 3 nitrogen and oxygen atoms in total. The van der Waals surface area contributed by atoms with Crippen LogP contribution in [0.5, 0.6) is 0 Å². The van der Waals surface area contributed by atoms with Crippen LogP contribution in [0.25, 0.3) is 0 Å². The van der Waals surface area contributed by atoms with Gasteiger partial charge in [-0.15, -0.1) is 0 Å². The predicted molar refractivity (Wildman–Crippen MR) is 63.0 cm³/mol. The van der Waals surface area contributed by atoms with Crippen LogP contribution in [0.15, 0.2) is 18.3 Å². The molecular formula is C12H20N2O. The molecule has 0 aliphatic rings. The van der Waals surface area contributed by atoms with Crippen LogP contribution in [0.1, 0.15) is 32.4 Å². The van der Waals surface area contributed by atoms with E-state index in [0.29, 0.717) is 5.92 Å². The van der Waals surface area contributed by atoms with Crippen LogP contribution in [-0.4, -0.2) is 23.7 Å². The Morgan fingerprint density at radius 1 is 1.40 bits per heavy atom. The summed E-state index contributed by atoms with van der Waals surface area (Å²) in [5.41, 5.74) is 0.913. The van der Waals surface area contributed by atoms with Gasteiger partial charge in [-0.25, -0.2) is 4.98 Å². The second-order valence-corrected chi connectivity index (χ2v) is 4.40. The van der Waals surface area contributed by atoms with Gasteiger partial charge in [0.05, 0.1) is 6.10 Å². The lowest BCUT2D eigenvalue weighted by molar-refractivity contribution is 0.199. The van der Waals surface area contributed by atoms with E-state index >= 15 is 0 Å². The Hall–Kier alpha value is -1.09. The average molecular weight is 208 g/mol. The van der Waals surface area contributed by atoms with Crippen LogP contribution in [-0.2, 0) is 0 Å². The van der Waals surface area contributed by atoms with Gasteiger partial charge in [0, 0.05) is 19.8 Å². The summed E-state index contributed by atoms with van der Waals surface area (Å²) in [6.07, 6.45) is 1.31. The first kappa shape index (κ1) is 12.0. The van der Waals surface area contributed by atoms with Gasteiger partial charge in [-0.1, -0.05) is 13.8 Å². The third-order valence-electron chi connectivity index (χ3n) is 2.28. The third kappa shape index (κ3) is 3.51. The van der Waals surface area contributed by atoms with E-state index in [4.69, 9.17) is 0 Å². The minimum absolute atomic E-state index is 0.431. The second kappa shape index (κ2) is 5.12. The third-order valence-corrected chi connectivity index (χ3v) is 2.28. The highest BCUT2D eigenvalue weighted by Crippen LogP contribution is 2.17. The van der Waals surface area contributed by atoms with E-state index in [1.165, 1.54) is 0 Å². The molecule has 0 saturated heterocycles. The lowest BCUT2D eigenvalue weighted by Crippen LogP contribution is -2.23. The number of hydrogen-bond donors (Lipinski definition) is 1. The van der Waals surface area contributed by atoms with Crippen molar-refractivity contribution in [2.45, 2.75) is 26.9 Å². The Morgan fingerprint density at radius 2 is 2.07 bits per heavy atom. The van der Waals surface area contributed by atoms with E-state index in [9.17, 15) is 5.11 Å². The summed E-state index contributed by atoms with van der Waals surface area (Å²) < 4.78 is 0. The first-order chi connectivity index (χ1) is 7.00. The fourth-order valence-electron chi connectivity index (χ4n) is 1.54. The molecule has 0 amide bonds. The maximum atomic E-state index is 9.47. The van der Waals surface area contributed by atoms with Crippen molar-refractivity contribution in [2.24, 2.45) is 5.92 Å². The summed E-state index contributed by atoms with van der Waals surface area (Å²) in [7, 11) is 2.02. The predicted octanol–water partition coefficient (Wildman–Crippen LogP) is 2.23. The Bertz CT molecular complexity index is 310. The molecule has 0 aliphatic heterocycles. The lowest BCUT2D eigenvalue weighted by Gasteiger charge is -2.21. The Kier molecular flexibility index (Phi) is 4.09. The first-order valence-corrected chi connectivity index (χ1v) is 5.36. The van der Waals surface area contributed by atoms with Crippen LogP contribution in [0, 0.1) is 5.92 Å². The number of hydrogen-bond acceptors (Lipinski definition) is 3. The Balaban J connectivity index is 2.80. The highest BCUT2D eigenvalue weighted by Gasteiger charge is 2.07. The van der Waals surface area contributed by atoms with Crippen molar-refractivity contribution in [1.82, 2.24) is 4.98 Å². The summed E-state index contributed by atoms with van der Waals surface area (Å²) in [4.78, 5) is 6.40. The van der Waals surface area contributed by atoms with Crippen molar-refractivity contribution < 1.29 is 5.11 Å². The Morgan fingerprint density at radius 3 is 2.60 bits per heavy atom. The number of pyridine rings is 1. The zero-order chi connectivity index (χ0) is 11.4. The van der Waals surface area contributed by atoms with Crippen molar-refractivity contribution in [3.8, 4) is 0 Å². The van der Waals surface area contributed by atoms with Gasteiger partial charge in [-0.05, 0) is 30.5 Å². The molecule has 0 fully saturated rings. The zero-order valence-corrected chi connectivity index (χ0v) is 9.94. The van der Waals surface area contributed by atoms with Crippen LogP contribution in [0.3, 0.4) is 0 Å². The molecule has 0 aromatic carbocycles. The van der Waals surface area contributed by atoms with Gasteiger partial charge >= 0.3 is 0 Å². The van der Waals surface area contributed by atoms with Crippen LogP contribution in [0.4, 0.5) is 5.82 Å². The molecule has 0 bridgehead atoms. The molecule has 1 atom stereocenters. The van der Waals surface area contributed by atoms with Gasteiger partial charge in [0.15, 0.2) is 0 Å². The maximum absolute atomic E-state index is 9.47. The molecule has 0 unspecified atom stereocenters. The number of aromatic nitrogens is 1. The zero-order valence-electron chi connectivity index (χ0n) is 9.94. The highest BCUT2D eigenvalue weighted by atomic mass is 16.3. The monoisotopic (exact) mass is 208 g/mol. The largest absolute Gasteiger partial charge is 0.389 e. The fraction of sp³-hybridized carbons (Fsp3) is 0.583. The van der Waals surface area contributed by atoms with Crippen LogP contribution in [0.2, 0.25) is 0 Å². The van der Waals surface area contributed by atoms with E-state index in [2.05, 4.69) is 23.7 Å². The van der Waals surface area contributed by atoms with Gasteiger partial charge in [-0.3, -0.25) is 0 Å². The smallest absolute Gasteiger partial charge is 0.128 e. The van der Waals surface area contributed by atoms with Gasteiger partial charge in [0.2, 0.25) is 0 Å². The topological polar surface area (TPSA) is 36.4 Å². The Labute approximate surface area is 91.8 Å². The molecule has 0 spiro atoms. The summed E-state index contributed by atoms with van der Waals surface area (Å²) in [5, 5.41) is 9.47. The van der Waals surface area contributed by atoms with Gasteiger partial charge in [0.25, 0.3) is 0 Å². The molecule has 84 valence electrons.